The molecule has 106 valence electrons. The van der Waals surface area contributed by atoms with Crippen molar-refractivity contribution in [1.82, 2.24) is 4.90 Å². The Morgan fingerprint density at radius 2 is 2.16 bits per heavy atom. The van der Waals surface area contributed by atoms with Gasteiger partial charge >= 0.3 is 0 Å². The molecule has 3 nitrogen and oxygen atoms in total. The van der Waals surface area contributed by atoms with E-state index in [4.69, 9.17) is 5.73 Å². The third-order valence-corrected chi connectivity index (χ3v) is 4.07. The van der Waals surface area contributed by atoms with Crippen LogP contribution in [0.2, 0.25) is 0 Å². The van der Waals surface area contributed by atoms with E-state index in [1.165, 1.54) is 6.07 Å². The average Bonchev–Trinajstić information content (AvgIpc) is 2.38. The van der Waals surface area contributed by atoms with E-state index in [1.54, 1.807) is 6.07 Å². The fourth-order valence-electron chi connectivity index (χ4n) is 2.86. The molecule has 1 aromatic carbocycles. The highest BCUT2D eigenvalue weighted by Crippen LogP contribution is 2.29. The Morgan fingerprint density at radius 1 is 1.42 bits per heavy atom. The van der Waals surface area contributed by atoms with Crippen LogP contribution in [0.1, 0.15) is 31.9 Å². The summed E-state index contributed by atoms with van der Waals surface area (Å²) in [4.78, 5) is 4.65. The molecule has 0 amide bonds. The van der Waals surface area contributed by atoms with Crippen molar-refractivity contribution in [3.8, 4) is 0 Å². The molecule has 0 aliphatic carbocycles. The third-order valence-electron chi connectivity index (χ3n) is 4.07. The first-order chi connectivity index (χ1) is 9.04. The molecule has 1 aromatic rings. The molecule has 0 saturated carbocycles. The van der Waals surface area contributed by atoms with Gasteiger partial charge in [0.05, 0.1) is 0 Å². The van der Waals surface area contributed by atoms with E-state index in [0.717, 1.165) is 31.7 Å². The third kappa shape index (κ3) is 2.90. The summed E-state index contributed by atoms with van der Waals surface area (Å²) >= 11 is 0. The molecule has 2 atom stereocenters. The van der Waals surface area contributed by atoms with E-state index in [1.807, 2.05) is 13.0 Å². The van der Waals surface area contributed by atoms with Crippen molar-refractivity contribution in [2.75, 3.05) is 31.6 Å². The van der Waals surface area contributed by atoms with Crippen molar-refractivity contribution >= 4 is 5.69 Å². The van der Waals surface area contributed by atoms with Crippen LogP contribution in [-0.2, 0) is 0 Å². The van der Waals surface area contributed by atoms with Gasteiger partial charge in [-0.1, -0.05) is 13.0 Å². The van der Waals surface area contributed by atoms with Crippen molar-refractivity contribution < 1.29 is 4.39 Å². The molecule has 19 heavy (non-hydrogen) atoms. The van der Waals surface area contributed by atoms with Gasteiger partial charge in [0.15, 0.2) is 0 Å². The summed E-state index contributed by atoms with van der Waals surface area (Å²) in [7, 11) is 2.16. The molecule has 1 aliphatic rings. The van der Waals surface area contributed by atoms with Crippen LogP contribution in [0, 0.1) is 5.82 Å². The molecule has 1 saturated heterocycles. The number of benzene rings is 1. The summed E-state index contributed by atoms with van der Waals surface area (Å²) in [6.45, 7) is 6.91. The van der Waals surface area contributed by atoms with Crippen LogP contribution >= 0.6 is 0 Å². The minimum atomic E-state index is -0.282. The quantitative estimate of drug-likeness (QED) is 0.910. The summed E-state index contributed by atoms with van der Waals surface area (Å²) < 4.78 is 14.0. The molecule has 1 fully saturated rings. The number of hydrogen-bond acceptors (Lipinski definition) is 3. The first-order valence-corrected chi connectivity index (χ1v) is 7.03. The molecule has 1 aliphatic heterocycles. The number of piperazine rings is 1. The summed E-state index contributed by atoms with van der Waals surface area (Å²) in [6, 6.07) is 5.50. The van der Waals surface area contributed by atoms with E-state index in [-0.39, 0.29) is 11.9 Å². The lowest BCUT2D eigenvalue weighted by molar-refractivity contribution is 0.213. The average molecular weight is 265 g/mol. The Balaban J connectivity index is 2.29. The van der Waals surface area contributed by atoms with Gasteiger partial charge in [-0.2, -0.15) is 0 Å². The van der Waals surface area contributed by atoms with Gasteiger partial charge in [0.25, 0.3) is 0 Å². The molecule has 1 heterocycles. The van der Waals surface area contributed by atoms with Crippen LogP contribution in [0.5, 0.6) is 0 Å². The van der Waals surface area contributed by atoms with E-state index in [9.17, 15) is 4.39 Å². The predicted molar refractivity (Wildman–Crippen MR) is 77.9 cm³/mol. The van der Waals surface area contributed by atoms with E-state index in [2.05, 4.69) is 23.8 Å². The lowest BCUT2D eigenvalue weighted by Crippen LogP contribution is -2.51. The zero-order valence-corrected chi connectivity index (χ0v) is 12.1. The monoisotopic (exact) mass is 265 g/mol. The Kier molecular flexibility index (Phi) is 4.42. The first-order valence-electron chi connectivity index (χ1n) is 7.03. The predicted octanol–water partition coefficient (Wildman–Crippen LogP) is 2.38. The van der Waals surface area contributed by atoms with Crippen LogP contribution in [0.4, 0.5) is 10.1 Å². The maximum absolute atomic E-state index is 14.0. The van der Waals surface area contributed by atoms with Crippen LogP contribution in [0.3, 0.4) is 0 Å². The largest absolute Gasteiger partial charge is 0.368 e. The van der Waals surface area contributed by atoms with Crippen LogP contribution in [0.25, 0.3) is 0 Å². The smallest absolute Gasteiger partial charge is 0.130 e. The maximum Gasteiger partial charge on any atom is 0.130 e. The van der Waals surface area contributed by atoms with Gasteiger partial charge in [-0.3, -0.25) is 4.90 Å². The van der Waals surface area contributed by atoms with Crippen molar-refractivity contribution in [3.63, 3.8) is 0 Å². The molecule has 2 N–H and O–H groups in total. The molecular weight excluding hydrogens is 241 g/mol. The van der Waals surface area contributed by atoms with Gasteiger partial charge in [-0.25, -0.2) is 4.39 Å². The Morgan fingerprint density at radius 3 is 2.79 bits per heavy atom. The highest BCUT2D eigenvalue weighted by atomic mass is 19.1. The van der Waals surface area contributed by atoms with E-state index < -0.39 is 0 Å². The number of rotatable bonds is 3. The molecule has 0 radical (unpaired) electrons. The van der Waals surface area contributed by atoms with Gasteiger partial charge in [-0.05, 0) is 32.5 Å². The van der Waals surface area contributed by atoms with E-state index in [0.29, 0.717) is 11.6 Å². The maximum atomic E-state index is 14.0. The fourth-order valence-corrected chi connectivity index (χ4v) is 2.86. The van der Waals surface area contributed by atoms with Gasteiger partial charge in [-0.15, -0.1) is 0 Å². The minimum Gasteiger partial charge on any atom is -0.368 e. The standard InChI is InChI=1S/C15H24FN3/c1-4-12-10-19(9-8-18(12)3)14-7-5-6-13(16)15(14)11(2)17/h5-7,11-12H,4,8-10,17H2,1-3H3/t11-,12?/m0/s1. The number of halogens is 1. The van der Waals surface area contributed by atoms with Crippen LogP contribution in [-0.4, -0.2) is 37.6 Å². The number of anilines is 1. The summed E-state index contributed by atoms with van der Waals surface area (Å²) in [5.41, 5.74) is 7.54. The van der Waals surface area contributed by atoms with Gasteiger partial charge in [0, 0.05) is 43.0 Å². The van der Waals surface area contributed by atoms with Crippen molar-refractivity contribution in [2.24, 2.45) is 5.73 Å². The van der Waals surface area contributed by atoms with Crippen LogP contribution in [0.15, 0.2) is 18.2 Å². The molecule has 4 heteroatoms. The van der Waals surface area contributed by atoms with Crippen LogP contribution < -0.4 is 10.6 Å². The van der Waals surface area contributed by atoms with Gasteiger partial charge in [0.2, 0.25) is 0 Å². The van der Waals surface area contributed by atoms with Crippen molar-refractivity contribution in [2.45, 2.75) is 32.4 Å². The second-order valence-electron chi connectivity index (χ2n) is 5.45. The second-order valence-corrected chi connectivity index (χ2v) is 5.45. The lowest BCUT2D eigenvalue weighted by Gasteiger charge is -2.41. The molecule has 0 aromatic heterocycles. The zero-order valence-electron chi connectivity index (χ0n) is 12.1. The number of nitrogens with two attached hydrogens (primary N) is 1. The second kappa shape index (κ2) is 5.88. The number of hydrogen-bond donors (Lipinski definition) is 1. The number of nitrogens with zero attached hydrogens (tertiary/aromatic N) is 2. The molecule has 0 bridgehead atoms. The first kappa shape index (κ1) is 14.3. The van der Waals surface area contributed by atoms with E-state index >= 15 is 0 Å². The minimum absolute atomic E-state index is 0.195. The Labute approximate surface area is 115 Å². The molecule has 0 spiro atoms. The molecule has 2 rings (SSSR count). The SMILES string of the molecule is CCC1CN(c2cccc(F)c2[C@H](C)N)CCN1C. The van der Waals surface area contributed by atoms with Crippen molar-refractivity contribution in [1.29, 1.82) is 0 Å². The molecular formula is C15H24FN3. The summed E-state index contributed by atoms with van der Waals surface area (Å²) in [6.07, 6.45) is 1.11. The van der Waals surface area contributed by atoms with Gasteiger partial charge < -0.3 is 10.6 Å². The summed E-state index contributed by atoms with van der Waals surface area (Å²) in [5.74, 6) is -0.195. The van der Waals surface area contributed by atoms with Gasteiger partial charge in [0.1, 0.15) is 5.82 Å². The Bertz CT molecular complexity index is 433. The van der Waals surface area contributed by atoms with Crippen molar-refractivity contribution in [3.05, 3.63) is 29.6 Å². The highest BCUT2D eigenvalue weighted by molar-refractivity contribution is 5.56. The Hall–Kier alpha value is -1.13. The lowest BCUT2D eigenvalue weighted by atomic mass is 10.0. The fraction of sp³-hybridized carbons (Fsp3) is 0.600. The summed E-state index contributed by atoms with van der Waals surface area (Å²) in [5, 5.41) is 0. The molecule has 1 unspecified atom stereocenters. The normalized spacial score (nSPS) is 22.6. The topological polar surface area (TPSA) is 32.5 Å². The number of likely N-dealkylation sites (N-methyl/N-ethyl adjacent to an activating group) is 1. The highest BCUT2D eigenvalue weighted by Gasteiger charge is 2.25. The zero-order chi connectivity index (χ0) is 14.0.